The second kappa shape index (κ2) is 8.14. The molecule has 0 aliphatic carbocycles. The summed E-state index contributed by atoms with van der Waals surface area (Å²) >= 11 is 0. The van der Waals surface area contributed by atoms with E-state index in [-0.39, 0.29) is 17.9 Å². The van der Waals surface area contributed by atoms with Crippen molar-refractivity contribution in [3.05, 3.63) is 77.0 Å². The predicted octanol–water partition coefficient (Wildman–Crippen LogP) is 3.91. The maximum absolute atomic E-state index is 13.2. The van der Waals surface area contributed by atoms with Crippen molar-refractivity contribution in [1.29, 1.82) is 0 Å². The molecule has 1 aliphatic rings. The number of aromatic nitrogens is 2. The summed E-state index contributed by atoms with van der Waals surface area (Å²) in [6.45, 7) is 3.99. The second-order valence-electron chi connectivity index (χ2n) is 7.53. The number of anilines is 1. The maximum atomic E-state index is 13.2. The van der Waals surface area contributed by atoms with E-state index in [2.05, 4.69) is 10.4 Å². The Labute approximate surface area is 182 Å². The molecule has 0 saturated carbocycles. The van der Waals surface area contributed by atoms with Crippen LogP contribution in [0.2, 0.25) is 0 Å². The number of amides is 2. The zero-order chi connectivity index (χ0) is 23.0. The number of aryl methyl sites for hydroxylation is 1. The van der Waals surface area contributed by atoms with Gasteiger partial charge in [0.1, 0.15) is 11.9 Å². The number of rotatable bonds is 4. The zero-order valence-corrected chi connectivity index (χ0v) is 17.5. The highest BCUT2D eigenvalue weighted by Crippen LogP contribution is 2.33. The number of carbonyl (C=O) groups is 2. The average molecular weight is 442 g/mol. The van der Waals surface area contributed by atoms with Gasteiger partial charge < -0.3 is 5.32 Å². The fraction of sp³-hybridized carbons (Fsp3) is 0.261. The lowest BCUT2D eigenvalue weighted by molar-refractivity contribution is -0.137. The quantitative estimate of drug-likeness (QED) is 0.666. The summed E-state index contributed by atoms with van der Waals surface area (Å²) < 4.78 is 40.7. The second-order valence-corrected chi connectivity index (χ2v) is 7.53. The van der Waals surface area contributed by atoms with Gasteiger partial charge in [0.05, 0.1) is 16.9 Å². The largest absolute Gasteiger partial charge is 0.416 e. The summed E-state index contributed by atoms with van der Waals surface area (Å²) in [6, 6.07) is 12.6. The van der Waals surface area contributed by atoms with Gasteiger partial charge in [0.25, 0.3) is 11.8 Å². The molecule has 0 fully saturated rings. The SMILES string of the molecule is CCN1C(=O)[C@@H](NC(=O)c2cccc(C(F)(F)F)c2)Cc2c(C)nn(-c3ccccc3)c21. The number of para-hydroxylation sites is 1. The first-order valence-corrected chi connectivity index (χ1v) is 10.1. The van der Waals surface area contributed by atoms with Crippen LogP contribution in [-0.4, -0.2) is 34.2 Å². The number of nitrogens with one attached hydrogen (secondary N) is 1. The molecule has 0 saturated heterocycles. The molecule has 2 aromatic carbocycles. The Morgan fingerprint density at radius 2 is 1.88 bits per heavy atom. The molecule has 32 heavy (non-hydrogen) atoms. The molecule has 1 aromatic heterocycles. The lowest BCUT2D eigenvalue weighted by Gasteiger charge is -2.32. The number of nitrogens with zero attached hydrogens (tertiary/aromatic N) is 3. The van der Waals surface area contributed by atoms with E-state index in [0.717, 1.165) is 23.4 Å². The smallest absolute Gasteiger partial charge is 0.340 e. The first kappa shape index (κ1) is 21.6. The van der Waals surface area contributed by atoms with Crippen LogP contribution in [0.3, 0.4) is 0 Å². The topological polar surface area (TPSA) is 67.2 Å². The van der Waals surface area contributed by atoms with Crippen LogP contribution in [0, 0.1) is 6.92 Å². The summed E-state index contributed by atoms with van der Waals surface area (Å²) in [6.07, 6.45) is -4.36. The lowest BCUT2D eigenvalue weighted by Crippen LogP contribution is -2.53. The number of carbonyl (C=O) groups excluding carboxylic acids is 2. The molecule has 1 N–H and O–H groups in total. The van der Waals surface area contributed by atoms with Crippen molar-refractivity contribution >= 4 is 17.6 Å². The van der Waals surface area contributed by atoms with Gasteiger partial charge in [0.2, 0.25) is 0 Å². The minimum atomic E-state index is -4.56. The molecule has 0 spiro atoms. The van der Waals surface area contributed by atoms with Crippen molar-refractivity contribution in [1.82, 2.24) is 15.1 Å². The highest BCUT2D eigenvalue weighted by atomic mass is 19.4. The first-order chi connectivity index (χ1) is 15.2. The van der Waals surface area contributed by atoms with Gasteiger partial charge >= 0.3 is 6.18 Å². The van der Waals surface area contributed by atoms with E-state index in [1.54, 1.807) is 9.58 Å². The number of hydrogen-bond donors (Lipinski definition) is 1. The maximum Gasteiger partial charge on any atom is 0.416 e. The number of fused-ring (bicyclic) bond motifs is 1. The van der Waals surface area contributed by atoms with Crippen molar-refractivity contribution < 1.29 is 22.8 Å². The average Bonchev–Trinajstić information content (AvgIpc) is 3.10. The van der Waals surface area contributed by atoms with Gasteiger partial charge in [-0.3, -0.25) is 14.5 Å². The van der Waals surface area contributed by atoms with Gasteiger partial charge in [-0.15, -0.1) is 0 Å². The molecule has 2 heterocycles. The summed E-state index contributed by atoms with van der Waals surface area (Å²) in [5.74, 6) is -0.426. The van der Waals surface area contributed by atoms with Crippen LogP contribution < -0.4 is 10.2 Å². The van der Waals surface area contributed by atoms with E-state index < -0.39 is 23.7 Å². The Bertz CT molecular complexity index is 1170. The van der Waals surface area contributed by atoms with E-state index in [1.807, 2.05) is 44.2 Å². The molecule has 6 nitrogen and oxygen atoms in total. The van der Waals surface area contributed by atoms with Gasteiger partial charge in [-0.2, -0.15) is 18.3 Å². The summed E-state index contributed by atoms with van der Waals surface area (Å²) in [5.41, 5.74) is 1.25. The minimum Gasteiger partial charge on any atom is -0.340 e. The highest BCUT2D eigenvalue weighted by Gasteiger charge is 2.38. The Hall–Kier alpha value is -3.62. The summed E-state index contributed by atoms with van der Waals surface area (Å²) in [5, 5.41) is 7.20. The van der Waals surface area contributed by atoms with E-state index in [9.17, 15) is 22.8 Å². The molecule has 0 radical (unpaired) electrons. The molecule has 2 amide bonds. The third kappa shape index (κ3) is 3.86. The molecule has 166 valence electrons. The Morgan fingerprint density at radius 1 is 1.16 bits per heavy atom. The summed E-state index contributed by atoms with van der Waals surface area (Å²) in [4.78, 5) is 27.4. The van der Waals surface area contributed by atoms with Gasteiger partial charge in [0.15, 0.2) is 0 Å². The normalized spacial score (nSPS) is 16.1. The van der Waals surface area contributed by atoms with Gasteiger partial charge in [-0.05, 0) is 44.2 Å². The van der Waals surface area contributed by atoms with Crippen LogP contribution in [0.25, 0.3) is 5.69 Å². The van der Waals surface area contributed by atoms with Crippen LogP contribution in [0.1, 0.15) is 34.1 Å². The molecular formula is C23H21F3N4O2. The van der Waals surface area contributed by atoms with Crippen LogP contribution in [0.15, 0.2) is 54.6 Å². The Morgan fingerprint density at radius 3 is 2.53 bits per heavy atom. The standard InChI is InChI=1S/C23H21F3N4O2/c1-3-29-21-18(14(2)28-30(21)17-10-5-4-6-11-17)13-19(22(29)32)27-20(31)15-8-7-9-16(12-15)23(24,25)26/h4-12,19H,3,13H2,1-2H3,(H,27,31)/t19-/m0/s1. The van der Waals surface area contributed by atoms with E-state index >= 15 is 0 Å². The molecule has 4 rings (SSSR count). The van der Waals surface area contributed by atoms with Crippen molar-refractivity contribution in [2.75, 3.05) is 11.4 Å². The van der Waals surface area contributed by atoms with Crippen molar-refractivity contribution in [2.45, 2.75) is 32.5 Å². The van der Waals surface area contributed by atoms with Gasteiger partial charge in [-0.25, -0.2) is 4.68 Å². The molecule has 0 bridgehead atoms. The Kier molecular flexibility index (Phi) is 5.50. The number of alkyl halides is 3. The molecule has 3 aromatic rings. The third-order valence-electron chi connectivity index (χ3n) is 5.46. The van der Waals surface area contributed by atoms with Gasteiger partial charge in [0, 0.05) is 24.1 Å². The first-order valence-electron chi connectivity index (χ1n) is 10.1. The van der Waals surface area contributed by atoms with Crippen LogP contribution >= 0.6 is 0 Å². The third-order valence-corrected chi connectivity index (χ3v) is 5.46. The van der Waals surface area contributed by atoms with Crippen LogP contribution in [-0.2, 0) is 17.4 Å². The monoisotopic (exact) mass is 442 g/mol. The van der Waals surface area contributed by atoms with E-state index in [1.165, 1.54) is 12.1 Å². The van der Waals surface area contributed by atoms with Crippen molar-refractivity contribution in [2.24, 2.45) is 0 Å². The summed E-state index contributed by atoms with van der Waals surface area (Å²) in [7, 11) is 0. The van der Waals surface area contributed by atoms with Crippen molar-refractivity contribution in [3.63, 3.8) is 0 Å². The number of benzene rings is 2. The molecule has 0 unspecified atom stereocenters. The predicted molar refractivity (Wildman–Crippen MR) is 113 cm³/mol. The van der Waals surface area contributed by atoms with Gasteiger partial charge in [-0.1, -0.05) is 24.3 Å². The van der Waals surface area contributed by atoms with Crippen LogP contribution in [0.5, 0.6) is 0 Å². The number of halogens is 3. The number of hydrogen-bond acceptors (Lipinski definition) is 3. The minimum absolute atomic E-state index is 0.154. The Balaban J connectivity index is 1.65. The fourth-order valence-corrected chi connectivity index (χ4v) is 3.89. The molecule has 1 aliphatic heterocycles. The van der Waals surface area contributed by atoms with E-state index in [4.69, 9.17) is 0 Å². The molecule has 9 heteroatoms. The molecule has 1 atom stereocenters. The highest BCUT2D eigenvalue weighted by molar-refractivity contribution is 6.04. The van der Waals surface area contributed by atoms with Crippen molar-refractivity contribution in [3.8, 4) is 5.69 Å². The fourth-order valence-electron chi connectivity index (χ4n) is 3.89. The van der Waals surface area contributed by atoms with E-state index in [0.29, 0.717) is 18.1 Å². The lowest BCUT2D eigenvalue weighted by atomic mass is 9.99. The molecular weight excluding hydrogens is 421 g/mol. The van der Waals surface area contributed by atoms with Crippen LogP contribution in [0.4, 0.5) is 19.0 Å². The number of likely N-dealkylation sites (N-methyl/N-ethyl adjacent to an activating group) is 1. The zero-order valence-electron chi connectivity index (χ0n) is 17.5.